The van der Waals surface area contributed by atoms with E-state index in [1.807, 2.05) is 0 Å². The summed E-state index contributed by atoms with van der Waals surface area (Å²) in [6, 6.07) is 8.64. The Labute approximate surface area is 118 Å². The minimum Gasteiger partial charge on any atom is -0.398 e. The van der Waals surface area contributed by atoms with Crippen molar-refractivity contribution in [3.8, 4) is 0 Å². The normalized spacial score (nSPS) is 11.9. The van der Waals surface area contributed by atoms with Crippen LogP contribution in [-0.2, 0) is 22.3 Å². The number of aryl methyl sites for hydroxylation is 1. The highest BCUT2D eigenvalue weighted by Crippen LogP contribution is 2.17. The third kappa shape index (κ3) is 3.37. The molecular weight excluding hydrogens is 278 g/mol. The molecule has 0 atom stereocenters. The van der Waals surface area contributed by atoms with E-state index in [9.17, 15) is 8.42 Å². The number of anilines is 1. The van der Waals surface area contributed by atoms with Crippen LogP contribution in [0.4, 0.5) is 5.69 Å². The topological polar surface area (TPSA) is 89.4 Å². The molecule has 20 heavy (non-hydrogen) atoms. The van der Waals surface area contributed by atoms with Crippen LogP contribution in [0.25, 0.3) is 0 Å². The molecule has 108 valence electrons. The number of rotatable bonds is 5. The zero-order valence-corrected chi connectivity index (χ0v) is 12.2. The van der Waals surface area contributed by atoms with Gasteiger partial charge in [-0.3, -0.25) is 0 Å². The van der Waals surface area contributed by atoms with Gasteiger partial charge in [0.2, 0.25) is 10.0 Å². The first-order chi connectivity index (χ1) is 9.38. The quantitative estimate of drug-likeness (QED) is 0.845. The van der Waals surface area contributed by atoms with Crippen molar-refractivity contribution in [1.29, 1.82) is 0 Å². The van der Waals surface area contributed by atoms with E-state index < -0.39 is 10.0 Å². The second kappa shape index (κ2) is 5.64. The van der Waals surface area contributed by atoms with E-state index in [1.165, 1.54) is 11.4 Å². The Bertz CT molecular complexity index is 694. The predicted octanol–water partition coefficient (Wildman–Crippen LogP) is 1.53. The lowest BCUT2D eigenvalue weighted by atomic mass is 10.2. The number of nitrogens with zero attached hydrogens (tertiary/aromatic N) is 2. The molecule has 0 saturated heterocycles. The fraction of sp³-hybridized carbons (Fsp3) is 0.308. The minimum atomic E-state index is -3.45. The maximum atomic E-state index is 12.3. The molecule has 0 amide bonds. The van der Waals surface area contributed by atoms with Gasteiger partial charge in [-0.1, -0.05) is 23.4 Å². The van der Waals surface area contributed by atoms with Gasteiger partial charge in [0, 0.05) is 18.8 Å². The molecule has 1 aromatic carbocycles. The van der Waals surface area contributed by atoms with Gasteiger partial charge < -0.3 is 10.3 Å². The molecule has 2 N–H and O–H groups in total. The molecule has 0 fully saturated rings. The van der Waals surface area contributed by atoms with E-state index >= 15 is 0 Å². The standard InChI is InChI=1S/C13H17N3O3S/c1-10-7-12(15-19-10)8-16(2)20(17,18)9-11-5-3-4-6-13(11)14/h3-7H,8-9,14H2,1-2H3. The molecule has 7 heteroatoms. The lowest BCUT2D eigenvalue weighted by molar-refractivity contribution is 0.378. The van der Waals surface area contributed by atoms with E-state index in [0.717, 1.165) is 0 Å². The van der Waals surface area contributed by atoms with Gasteiger partial charge in [-0.05, 0) is 18.6 Å². The van der Waals surface area contributed by atoms with Crippen molar-refractivity contribution in [3.05, 3.63) is 47.3 Å². The molecule has 0 aliphatic rings. The van der Waals surface area contributed by atoms with E-state index in [4.69, 9.17) is 10.3 Å². The molecule has 0 bridgehead atoms. The van der Waals surface area contributed by atoms with Crippen LogP contribution in [0.1, 0.15) is 17.0 Å². The van der Waals surface area contributed by atoms with E-state index in [2.05, 4.69) is 5.16 Å². The molecule has 0 unspecified atom stereocenters. The highest BCUT2D eigenvalue weighted by atomic mass is 32.2. The first-order valence-corrected chi connectivity index (χ1v) is 7.69. The molecule has 0 radical (unpaired) electrons. The van der Waals surface area contributed by atoms with Gasteiger partial charge in [0.1, 0.15) is 5.76 Å². The summed E-state index contributed by atoms with van der Waals surface area (Å²) < 4.78 is 30.7. The number of hydrogen-bond donors (Lipinski definition) is 1. The van der Waals surface area contributed by atoms with Crippen LogP contribution in [0.5, 0.6) is 0 Å². The molecule has 1 aromatic heterocycles. The monoisotopic (exact) mass is 295 g/mol. The van der Waals surface area contributed by atoms with E-state index in [1.54, 1.807) is 37.3 Å². The lowest BCUT2D eigenvalue weighted by Gasteiger charge is -2.16. The molecule has 2 aromatic rings. The summed E-state index contributed by atoms with van der Waals surface area (Å²) in [7, 11) is -1.94. The zero-order valence-electron chi connectivity index (χ0n) is 11.4. The molecule has 0 aliphatic carbocycles. The number of nitrogen functional groups attached to an aromatic ring is 1. The van der Waals surface area contributed by atoms with Gasteiger partial charge in [0.25, 0.3) is 0 Å². The third-order valence-corrected chi connectivity index (χ3v) is 4.68. The van der Waals surface area contributed by atoms with Crippen LogP contribution >= 0.6 is 0 Å². The third-order valence-electron chi connectivity index (χ3n) is 2.93. The van der Waals surface area contributed by atoms with Crippen LogP contribution < -0.4 is 5.73 Å². The van der Waals surface area contributed by atoms with Gasteiger partial charge in [-0.15, -0.1) is 0 Å². The Kier molecular flexibility index (Phi) is 4.10. The summed E-state index contributed by atoms with van der Waals surface area (Å²) in [6.45, 7) is 1.93. The number of aromatic nitrogens is 1. The summed E-state index contributed by atoms with van der Waals surface area (Å²) in [6.07, 6.45) is 0. The fourth-order valence-electron chi connectivity index (χ4n) is 1.79. The minimum absolute atomic E-state index is 0.132. The van der Waals surface area contributed by atoms with E-state index in [0.29, 0.717) is 22.7 Å². The van der Waals surface area contributed by atoms with Gasteiger partial charge in [0.05, 0.1) is 18.0 Å². The van der Waals surface area contributed by atoms with Crippen LogP contribution in [0, 0.1) is 6.92 Å². The average Bonchev–Trinajstić information content (AvgIpc) is 2.77. The maximum Gasteiger partial charge on any atom is 0.218 e. The Morgan fingerprint density at radius 3 is 2.65 bits per heavy atom. The van der Waals surface area contributed by atoms with Crippen molar-refractivity contribution >= 4 is 15.7 Å². The van der Waals surface area contributed by atoms with Gasteiger partial charge >= 0.3 is 0 Å². The van der Waals surface area contributed by atoms with Gasteiger partial charge in [-0.25, -0.2) is 8.42 Å². The summed E-state index contributed by atoms with van der Waals surface area (Å²) in [5, 5.41) is 3.79. The van der Waals surface area contributed by atoms with Crippen molar-refractivity contribution in [1.82, 2.24) is 9.46 Å². The predicted molar refractivity (Wildman–Crippen MR) is 76.2 cm³/mol. The summed E-state index contributed by atoms with van der Waals surface area (Å²) >= 11 is 0. The molecule has 6 nitrogen and oxygen atoms in total. The van der Waals surface area contributed by atoms with Crippen molar-refractivity contribution in [2.24, 2.45) is 0 Å². The van der Waals surface area contributed by atoms with Crippen LogP contribution in [0.2, 0.25) is 0 Å². The van der Waals surface area contributed by atoms with Crippen LogP contribution in [0.3, 0.4) is 0 Å². The Balaban J connectivity index is 2.12. The van der Waals surface area contributed by atoms with Crippen LogP contribution in [0.15, 0.2) is 34.9 Å². The molecular formula is C13H17N3O3S. The smallest absolute Gasteiger partial charge is 0.218 e. The van der Waals surface area contributed by atoms with Crippen molar-refractivity contribution in [2.75, 3.05) is 12.8 Å². The van der Waals surface area contributed by atoms with E-state index in [-0.39, 0.29) is 12.3 Å². The zero-order chi connectivity index (χ0) is 14.8. The van der Waals surface area contributed by atoms with Crippen molar-refractivity contribution in [2.45, 2.75) is 19.2 Å². The summed E-state index contributed by atoms with van der Waals surface area (Å²) in [5.41, 5.74) is 7.42. The van der Waals surface area contributed by atoms with Crippen molar-refractivity contribution in [3.63, 3.8) is 0 Å². The molecule has 2 rings (SSSR count). The number of hydrogen-bond acceptors (Lipinski definition) is 5. The fourth-order valence-corrected chi connectivity index (χ4v) is 3.00. The average molecular weight is 295 g/mol. The largest absolute Gasteiger partial charge is 0.398 e. The second-order valence-corrected chi connectivity index (χ2v) is 6.72. The molecule has 0 spiro atoms. The molecule has 0 saturated carbocycles. The second-order valence-electron chi connectivity index (χ2n) is 4.64. The van der Waals surface area contributed by atoms with Crippen LogP contribution in [-0.4, -0.2) is 24.9 Å². The number of benzene rings is 1. The Hall–Kier alpha value is -1.86. The summed E-state index contributed by atoms with van der Waals surface area (Å²) in [4.78, 5) is 0. The maximum absolute atomic E-state index is 12.3. The lowest BCUT2D eigenvalue weighted by Crippen LogP contribution is -2.28. The first-order valence-electron chi connectivity index (χ1n) is 6.08. The highest BCUT2D eigenvalue weighted by molar-refractivity contribution is 7.88. The SMILES string of the molecule is Cc1cc(CN(C)S(=O)(=O)Cc2ccccc2N)no1. The Morgan fingerprint density at radius 2 is 2.05 bits per heavy atom. The Morgan fingerprint density at radius 1 is 1.35 bits per heavy atom. The molecule has 1 heterocycles. The number of nitrogens with two attached hydrogens (primary N) is 1. The van der Waals surface area contributed by atoms with Gasteiger partial charge in [-0.2, -0.15) is 4.31 Å². The first kappa shape index (κ1) is 14.5. The van der Waals surface area contributed by atoms with Crippen molar-refractivity contribution < 1.29 is 12.9 Å². The highest BCUT2D eigenvalue weighted by Gasteiger charge is 2.21. The molecule has 0 aliphatic heterocycles. The number of sulfonamides is 1. The summed E-state index contributed by atoms with van der Waals surface area (Å²) in [5.74, 6) is 0.519. The van der Waals surface area contributed by atoms with Gasteiger partial charge in [0.15, 0.2) is 0 Å². The number of para-hydroxylation sites is 1.